The topological polar surface area (TPSA) is 30.2 Å². The summed E-state index contributed by atoms with van der Waals surface area (Å²) < 4.78 is 2.45. The average Bonchev–Trinajstić information content (AvgIpc) is 3.73. The number of fused-ring (bicyclic) bond motifs is 11. The Kier molecular flexibility index (Phi) is 5.85. The number of aromatic nitrogens is 2. The molecule has 0 amide bonds. The van der Waals surface area contributed by atoms with Gasteiger partial charge in [-0.05, 0) is 70.6 Å². The van der Waals surface area contributed by atoms with Gasteiger partial charge >= 0.3 is 0 Å². The fraction of sp³-hybridized carbons (Fsp3) is 0.0638. The lowest BCUT2D eigenvalue weighted by atomic mass is 9.75. The molecule has 2 unspecified atom stereocenters. The normalized spacial score (nSPS) is 17.1. The van der Waals surface area contributed by atoms with Crippen molar-refractivity contribution in [3.05, 3.63) is 186 Å². The Labute approximate surface area is 290 Å². The van der Waals surface area contributed by atoms with Gasteiger partial charge in [-0.15, -0.1) is 0 Å². The SMILES string of the molecule is C1=CC2=Nc3c(nc(-c4cc(C5Cc6ccccc6-c6ccccc65)cc(-n5c6ccccc6c6ccccc65)c4)c4ccccc34)C2C=C1. The first-order valence-electron chi connectivity index (χ1n) is 17.5. The molecule has 3 aliphatic rings. The molecule has 11 rings (SSSR count). The van der Waals surface area contributed by atoms with Crippen molar-refractivity contribution in [2.24, 2.45) is 4.99 Å². The van der Waals surface area contributed by atoms with E-state index < -0.39 is 0 Å². The van der Waals surface area contributed by atoms with Crippen molar-refractivity contribution in [3.8, 4) is 28.1 Å². The molecule has 3 nitrogen and oxygen atoms in total. The van der Waals surface area contributed by atoms with Crippen LogP contribution < -0.4 is 0 Å². The Morgan fingerprint density at radius 1 is 0.600 bits per heavy atom. The Morgan fingerprint density at radius 3 is 2.10 bits per heavy atom. The van der Waals surface area contributed by atoms with E-state index in [0.29, 0.717) is 0 Å². The van der Waals surface area contributed by atoms with Gasteiger partial charge in [0.2, 0.25) is 0 Å². The highest BCUT2D eigenvalue weighted by Gasteiger charge is 2.31. The summed E-state index contributed by atoms with van der Waals surface area (Å²) in [4.78, 5) is 10.7. The molecule has 0 saturated heterocycles. The molecule has 2 aliphatic carbocycles. The van der Waals surface area contributed by atoms with E-state index in [9.17, 15) is 0 Å². The lowest BCUT2D eigenvalue weighted by molar-refractivity contribution is 0.793. The number of allylic oxidation sites excluding steroid dienone is 4. The molecule has 2 atom stereocenters. The molecule has 8 aromatic rings. The molecule has 0 fully saturated rings. The largest absolute Gasteiger partial charge is 0.309 e. The smallest absolute Gasteiger partial charge is 0.0937 e. The fourth-order valence-corrected chi connectivity index (χ4v) is 8.76. The second kappa shape index (κ2) is 10.6. The van der Waals surface area contributed by atoms with Gasteiger partial charge in [0.25, 0.3) is 0 Å². The predicted molar refractivity (Wildman–Crippen MR) is 207 cm³/mol. The highest BCUT2D eigenvalue weighted by molar-refractivity contribution is 6.14. The Balaban J connectivity index is 1.21. The lowest BCUT2D eigenvalue weighted by Crippen LogP contribution is -2.13. The van der Waals surface area contributed by atoms with E-state index in [2.05, 4.69) is 168 Å². The summed E-state index contributed by atoms with van der Waals surface area (Å²) >= 11 is 0. The molecule has 1 aliphatic heterocycles. The quantitative estimate of drug-likeness (QED) is 0.190. The number of pyridine rings is 1. The summed E-state index contributed by atoms with van der Waals surface area (Å²) in [6.07, 6.45) is 9.49. The first-order chi connectivity index (χ1) is 24.8. The molecule has 0 bridgehead atoms. The van der Waals surface area contributed by atoms with Gasteiger partial charge in [-0.3, -0.25) is 0 Å². The summed E-state index contributed by atoms with van der Waals surface area (Å²) in [5.41, 5.74) is 15.5. The van der Waals surface area contributed by atoms with Gasteiger partial charge in [-0.1, -0.05) is 127 Å². The van der Waals surface area contributed by atoms with Crippen molar-refractivity contribution in [3.63, 3.8) is 0 Å². The maximum atomic E-state index is 5.54. The van der Waals surface area contributed by atoms with Crippen molar-refractivity contribution >= 4 is 44.0 Å². The molecule has 50 heavy (non-hydrogen) atoms. The summed E-state index contributed by atoms with van der Waals surface area (Å²) in [6.45, 7) is 0. The first-order valence-corrected chi connectivity index (χ1v) is 17.5. The minimum absolute atomic E-state index is 0.0695. The van der Waals surface area contributed by atoms with E-state index in [1.165, 1.54) is 49.6 Å². The number of rotatable bonds is 3. The van der Waals surface area contributed by atoms with Gasteiger partial charge in [-0.2, -0.15) is 0 Å². The number of hydrogen-bond donors (Lipinski definition) is 0. The zero-order valence-electron chi connectivity index (χ0n) is 27.3. The maximum Gasteiger partial charge on any atom is 0.0937 e. The summed E-state index contributed by atoms with van der Waals surface area (Å²) in [5.74, 6) is 0.259. The van der Waals surface area contributed by atoms with Crippen molar-refractivity contribution < 1.29 is 0 Å². The summed E-state index contributed by atoms with van der Waals surface area (Å²) in [5, 5.41) is 4.80. The highest BCUT2D eigenvalue weighted by Crippen LogP contribution is 2.47. The second-order valence-corrected chi connectivity index (χ2v) is 13.7. The Bertz CT molecular complexity index is 2760. The van der Waals surface area contributed by atoms with Crippen LogP contribution in [-0.2, 0) is 6.42 Å². The predicted octanol–water partition coefficient (Wildman–Crippen LogP) is 11.6. The molecule has 0 saturated carbocycles. The van der Waals surface area contributed by atoms with Crippen molar-refractivity contribution in [1.29, 1.82) is 0 Å². The number of hydrogen-bond acceptors (Lipinski definition) is 2. The van der Waals surface area contributed by atoms with Crippen LogP contribution in [0.5, 0.6) is 0 Å². The molecule has 0 radical (unpaired) electrons. The zero-order chi connectivity index (χ0) is 32.8. The number of benzene rings is 6. The van der Waals surface area contributed by atoms with Crippen LogP contribution in [0.25, 0.3) is 60.6 Å². The number of para-hydroxylation sites is 2. The van der Waals surface area contributed by atoms with Gasteiger partial charge in [0.05, 0.1) is 39.7 Å². The van der Waals surface area contributed by atoms with Crippen LogP contribution in [0.15, 0.2) is 169 Å². The zero-order valence-corrected chi connectivity index (χ0v) is 27.3. The minimum atomic E-state index is 0.0695. The molecule has 0 N–H and O–H groups in total. The Hall–Kier alpha value is -6.32. The molecule has 6 aromatic carbocycles. The van der Waals surface area contributed by atoms with E-state index in [-0.39, 0.29) is 11.8 Å². The van der Waals surface area contributed by atoms with Crippen LogP contribution in [0.4, 0.5) is 5.69 Å². The standard InChI is InChI=1S/C47H31N3/c1-2-14-33-29(13-1)28-41(35-16-4-3-15-34(33)35)30-25-31(27-32(26-30)50-43-23-11-8-17-36(43)37-18-9-12-24-44(37)50)45-38-19-5-6-20-39(38)46-47(49-45)40-21-7-10-22-42(40)48-46/h1-27,40-41H,28H2. The molecule has 3 heteroatoms. The Morgan fingerprint density at radius 2 is 1.28 bits per heavy atom. The average molecular weight is 638 g/mol. The van der Waals surface area contributed by atoms with E-state index >= 15 is 0 Å². The van der Waals surface area contributed by atoms with Gasteiger partial charge in [0, 0.05) is 38.7 Å². The van der Waals surface area contributed by atoms with Crippen LogP contribution in [-0.4, -0.2) is 15.3 Å². The third-order valence-corrected chi connectivity index (χ3v) is 11.0. The van der Waals surface area contributed by atoms with Gasteiger partial charge in [0.15, 0.2) is 0 Å². The van der Waals surface area contributed by atoms with Crippen LogP contribution >= 0.6 is 0 Å². The summed E-state index contributed by atoms with van der Waals surface area (Å²) in [6, 6.07) is 51.3. The van der Waals surface area contributed by atoms with E-state index in [4.69, 9.17) is 9.98 Å². The fourth-order valence-electron chi connectivity index (χ4n) is 8.76. The van der Waals surface area contributed by atoms with Crippen LogP contribution in [0, 0.1) is 0 Å². The maximum absolute atomic E-state index is 5.54. The first kappa shape index (κ1) is 27.6. The highest BCUT2D eigenvalue weighted by atomic mass is 15.0. The molecule has 234 valence electrons. The molecule has 3 heterocycles. The van der Waals surface area contributed by atoms with Crippen molar-refractivity contribution in [2.45, 2.75) is 18.3 Å². The van der Waals surface area contributed by atoms with E-state index in [1.807, 2.05) is 0 Å². The van der Waals surface area contributed by atoms with Gasteiger partial charge in [0.1, 0.15) is 0 Å². The molecule has 0 spiro atoms. The van der Waals surface area contributed by atoms with Crippen molar-refractivity contribution in [1.82, 2.24) is 9.55 Å². The lowest BCUT2D eigenvalue weighted by Gasteiger charge is -2.29. The van der Waals surface area contributed by atoms with Crippen LogP contribution in [0.3, 0.4) is 0 Å². The summed E-state index contributed by atoms with van der Waals surface area (Å²) in [7, 11) is 0. The van der Waals surface area contributed by atoms with E-state index in [1.54, 1.807) is 0 Å². The van der Waals surface area contributed by atoms with Crippen LogP contribution in [0.1, 0.15) is 34.2 Å². The number of aliphatic imine (C=N–C) groups is 1. The monoisotopic (exact) mass is 637 g/mol. The van der Waals surface area contributed by atoms with Gasteiger partial charge in [-0.25, -0.2) is 9.98 Å². The third kappa shape index (κ3) is 3.98. The second-order valence-electron chi connectivity index (χ2n) is 13.7. The number of nitrogens with zero attached hydrogens (tertiary/aromatic N) is 3. The van der Waals surface area contributed by atoms with E-state index in [0.717, 1.165) is 51.2 Å². The third-order valence-electron chi connectivity index (χ3n) is 11.0. The molecular formula is C47H31N3. The minimum Gasteiger partial charge on any atom is -0.309 e. The van der Waals surface area contributed by atoms with Crippen LogP contribution in [0.2, 0.25) is 0 Å². The molecule has 2 aromatic heterocycles. The van der Waals surface area contributed by atoms with Crippen molar-refractivity contribution in [2.75, 3.05) is 0 Å². The molecular weight excluding hydrogens is 607 g/mol. The van der Waals surface area contributed by atoms with Gasteiger partial charge < -0.3 is 4.57 Å².